The van der Waals surface area contributed by atoms with E-state index in [1.807, 2.05) is 28.8 Å². The average molecular weight is 370 g/mol. The van der Waals surface area contributed by atoms with Gasteiger partial charge in [-0.15, -0.1) is 0 Å². The van der Waals surface area contributed by atoms with Gasteiger partial charge in [0.2, 0.25) is 10.0 Å². The third-order valence-corrected chi connectivity index (χ3v) is 5.56. The zero-order valence-corrected chi connectivity index (χ0v) is 14.2. The predicted octanol–water partition coefficient (Wildman–Crippen LogP) is 3.16. The summed E-state index contributed by atoms with van der Waals surface area (Å²) in [6.07, 6.45) is 4.12. The van der Waals surface area contributed by atoms with Crippen LogP contribution in [-0.4, -0.2) is 24.3 Å². The third-order valence-electron chi connectivity index (χ3n) is 3.36. The van der Waals surface area contributed by atoms with Gasteiger partial charge in [0, 0.05) is 19.2 Å². The summed E-state index contributed by atoms with van der Waals surface area (Å²) in [5.41, 5.74) is 0.967. The van der Waals surface area contributed by atoms with Gasteiger partial charge in [-0.1, -0.05) is 29.3 Å². The lowest BCUT2D eigenvalue weighted by atomic mass is 10.4. The van der Waals surface area contributed by atoms with Crippen LogP contribution in [0.25, 0.3) is 5.52 Å². The number of aromatic nitrogens is 2. The number of rotatable bonds is 5. The van der Waals surface area contributed by atoms with Gasteiger partial charge >= 0.3 is 0 Å². The molecule has 1 N–H and O–H groups in total. The van der Waals surface area contributed by atoms with Crippen LogP contribution >= 0.6 is 23.2 Å². The molecule has 0 aliphatic heterocycles. The first-order valence-corrected chi connectivity index (χ1v) is 9.07. The number of benzene rings is 1. The molecule has 0 saturated heterocycles. The van der Waals surface area contributed by atoms with Crippen LogP contribution in [0.3, 0.4) is 0 Å². The first-order chi connectivity index (χ1) is 11.0. The third kappa shape index (κ3) is 3.50. The number of hydrogen-bond donors (Lipinski definition) is 1. The fourth-order valence-corrected chi connectivity index (χ4v) is 3.63. The smallest absolute Gasteiger partial charge is 0.240 e. The minimum atomic E-state index is -3.64. The molecular weight excluding hydrogens is 357 g/mol. The highest BCUT2D eigenvalue weighted by Gasteiger charge is 2.15. The van der Waals surface area contributed by atoms with Gasteiger partial charge in [0.05, 0.1) is 26.7 Å². The molecule has 0 aliphatic carbocycles. The second kappa shape index (κ2) is 6.49. The van der Waals surface area contributed by atoms with Gasteiger partial charge in [0.15, 0.2) is 0 Å². The minimum absolute atomic E-state index is 0.0832. The maximum Gasteiger partial charge on any atom is 0.240 e. The van der Waals surface area contributed by atoms with Gasteiger partial charge in [-0.05, 0) is 30.3 Å². The van der Waals surface area contributed by atoms with Gasteiger partial charge in [-0.25, -0.2) is 18.1 Å². The highest BCUT2D eigenvalue weighted by molar-refractivity contribution is 7.89. The fraction of sp³-hybridized carbons (Fsp3) is 0.133. The molecule has 3 aromatic rings. The zero-order valence-electron chi connectivity index (χ0n) is 11.9. The second-order valence-electron chi connectivity index (χ2n) is 4.89. The van der Waals surface area contributed by atoms with Crippen molar-refractivity contribution in [2.45, 2.75) is 11.3 Å². The molecule has 8 heteroatoms. The van der Waals surface area contributed by atoms with Crippen LogP contribution in [0.5, 0.6) is 0 Å². The van der Waals surface area contributed by atoms with E-state index in [-0.39, 0.29) is 16.5 Å². The van der Waals surface area contributed by atoms with E-state index >= 15 is 0 Å². The minimum Gasteiger partial charge on any atom is -0.304 e. The number of fused-ring (bicyclic) bond motifs is 1. The van der Waals surface area contributed by atoms with Crippen LogP contribution in [0.1, 0.15) is 5.82 Å². The lowest BCUT2D eigenvalue weighted by Gasteiger charge is -2.07. The Morgan fingerprint density at radius 2 is 1.96 bits per heavy atom. The van der Waals surface area contributed by atoms with Gasteiger partial charge in [-0.3, -0.25) is 0 Å². The maximum atomic E-state index is 12.2. The van der Waals surface area contributed by atoms with Crippen molar-refractivity contribution in [3.8, 4) is 0 Å². The average Bonchev–Trinajstić information content (AvgIpc) is 2.93. The monoisotopic (exact) mass is 369 g/mol. The van der Waals surface area contributed by atoms with E-state index in [0.717, 1.165) is 11.3 Å². The number of hydrogen-bond acceptors (Lipinski definition) is 3. The number of nitrogens with one attached hydrogen (secondary N) is 1. The zero-order chi connectivity index (χ0) is 16.4. The SMILES string of the molecule is O=S(=O)(NCCc1ncc2ccccn12)c1ccc(Cl)c(Cl)c1. The molecule has 2 heterocycles. The molecule has 0 amide bonds. The Morgan fingerprint density at radius 1 is 1.13 bits per heavy atom. The van der Waals surface area contributed by atoms with Crippen LogP contribution in [0.4, 0.5) is 0 Å². The van der Waals surface area contributed by atoms with Crippen LogP contribution in [0.15, 0.2) is 53.7 Å². The standard InChI is InChI=1S/C15H13Cl2N3O2S/c16-13-5-4-12(9-14(13)17)23(21,22)19-7-6-15-18-10-11-3-1-2-8-20(11)15/h1-5,8-10,19H,6-7H2. The van der Waals surface area contributed by atoms with Crippen LogP contribution < -0.4 is 4.72 Å². The molecule has 0 aliphatic rings. The molecule has 120 valence electrons. The Bertz CT molecular complexity index is 954. The number of imidazole rings is 1. The van der Waals surface area contributed by atoms with E-state index in [1.165, 1.54) is 18.2 Å². The van der Waals surface area contributed by atoms with Crippen molar-refractivity contribution in [2.24, 2.45) is 0 Å². The summed E-state index contributed by atoms with van der Waals surface area (Å²) in [6, 6.07) is 9.97. The number of sulfonamides is 1. The molecule has 0 bridgehead atoms. The highest BCUT2D eigenvalue weighted by Crippen LogP contribution is 2.24. The van der Waals surface area contributed by atoms with Crippen LogP contribution in [-0.2, 0) is 16.4 Å². The Kier molecular flexibility index (Phi) is 4.59. The highest BCUT2D eigenvalue weighted by atomic mass is 35.5. The summed E-state index contributed by atoms with van der Waals surface area (Å²) in [5.74, 6) is 0.789. The lowest BCUT2D eigenvalue weighted by molar-refractivity contribution is 0.581. The molecule has 0 atom stereocenters. The molecule has 0 radical (unpaired) electrons. The van der Waals surface area contributed by atoms with Gasteiger partial charge in [-0.2, -0.15) is 0 Å². The summed E-state index contributed by atoms with van der Waals surface area (Å²) in [5, 5.41) is 0.517. The summed E-state index contributed by atoms with van der Waals surface area (Å²) < 4.78 is 29.0. The van der Waals surface area contributed by atoms with Gasteiger partial charge in [0.1, 0.15) is 5.82 Å². The molecule has 0 spiro atoms. The largest absolute Gasteiger partial charge is 0.304 e. The topological polar surface area (TPSA) is 63.5 Å². The second-order valence-corrected chi connectivity index (χ2v) is 7.47. The Labute approximate surface area is 143 Å². The number of pyridine rings is 1. The molecule has 23 heavy (non-hydrogen) atoms. The first kappa shape index (κ1) is 16.3. The van der Waals surface area contributed by atoms with Crippen molar-refractivity contribution in [2.75, 3.05) is 6.54 Å². The van der Waals surface area contributed by atoms with E-state index < -0.39 is 10.0 Å². The van der Waals surface area contributed by atoms with E-state index in [4.69, 9.17) is 23.2 Å². The quantitative estimate of drug-likeness (QED) is 0.751. The normalized spacial score (nSPS) is 11.9. The predicted molar refractivity (Wildman–Crippen MR) is 90.5 cm³/mol. The van der Waals surface area contributed by atoms with Gasteiger partial charge < -0.3 is 4.40 Å². The molecule has 3 rings (SSSR count). The van der Waals surface area contributed by atoms with E-state index in [0.29, 0.717) is 11.4 Å². The van der Waals surface area contributed by atoms with E-state index in [1.54, 1.807) is 6.20 Å². The van der Waals surface area contributed by atoms with Crippen molar-refractivity contribution >= 4 is 38.7 Å². The van der Waals surface area contributed by atoms with E-state index in [9.17, 15) is 8.42 Å². The number of nitrogens with zero attached hydrogens (tertiary/aromatic N) is 2. The summed E-state index contributed by atoms with van der Waals surface area (Å²) in [6.45, 7) is 0.233. The Morgan fingerprint density at radius 3 is 2.74 bits per heavy atom. The number of halogens is 2. The van der Waals surface area contributed by atoms with Crippen molar-refractivity contribution in [1.29, 1.82) is 0 Å². The summed E-state index contributed by atoms with van der Waals surface area (Å²) in [7, 11) is -3.64. The molecule has 0 fully saturated rings. The Balaban J connectivity index is 1.71. The van der Waals surface area contributed by atoms with Crippen molar-refractivity contribution in [3.63, 3.8) is 0 Å². The maximum absolute atomic E-state index is 12.2. The molecule has 0 unspecified atom stereocenters. The molecular formula is C15H13Cl2N3O2S. The molecule has 5 nitrogen and oxygen atoms in total. The van der Waals surface area contributed by atoms with Crippen LogP contribution in [0.2, 0.25) is 10.0 Å². The first-order valence-electron chi connectivity index (χ1n) is 6.83. The summed E-state index contributed by atoms with van der Waals surface area (Å²) >= 11 is 11.7. The van der Waals surface area contributed by atoms with E-state index in [2.05, 4.69) is 9.71 Å². The molecule has 0 saturated carbocycles. The Hall–Kier alpha value is -1.60. The van der Waals surface area contributed by atoms with Gasteiger partial charge in [0.25, 0.3) is 0 Å². The fourth-order valence-electron chi connectivity index (χ4n) is 2.21. The molecule has 1 aromatic carbocycles. The van der Waals surface area contributed by atoms with Crippen molar-refractivity contribution in [3.05, 3.63) is 64.7 Å². The summed E-state index contributed by atoms with van der Waals surface area (Å²) in [4.78, 5) is 4.39. The van der Waals surface area contributed by atoms with Crippen LogP contribution in [0, 0.1) is 0 Å². The van der Waals surface area contributed by atoms with Crippen molar-refractivity contribution < 1.29 is 8.42 Å². The lowest BCUT2D eigenvalue weighted by Crippen LogP contribution is -2.26. The molecule has 2 aromatic heterocycles. The van der Waals surface area contributed by atoms with Crippen molar-refractivity contribution in [1.82, 2.24) is 14.1 Å².